The number of nitrogen functional groups attached to an aromatic ring is 1. The quantitative estimate of drug-likeness (QED) is 0.500. The zero-order valence-corrected chi connectivity index (χ0v) is 16.0. The van der Waals surface area contributed by atoms with Crippen LogP contribution in [0.3, 0.4) is 0 Å². The zero-order chi connectivity index (χ0) is 19.1. The highest BCUT2D eigenvalue weighted by atomic mass is 35.5. The molecular weight excluding hydrogens is 358 g/mol. The van der Waals surface area contributed by atoms with Crippen molar-refractivity contribution < 1.29 is 4.79 Å². The van der Waals surface area contributed by atoms with Crippen LogP contribution in [-0.2, 0) is 11.3 Å². The van der Waals surface area contributed by atoms with Gasteiger partial charge in [0.05, 0.1) is 17.8 Å². The van der Waals surface area contributed by atoms with E-state index in [2.05, 4.69) is 11.1 Å². The Hall–Kier alpha value is -2.98. The molecule has 0 unspecified atom stereocenters. The number of nitrogens with one attached hydrogen (secondary N) is 1. The average molecular weight is 378 g/mol. The van der Waals surface area contributed by atoms with Crippen molar-refractivity contribution in [3.63, 3.8) is 0 Å². The summed E-state index contributed by atoms with van der Waals surface area (Å²) in [5, 5.41) is 0.657. The fraction of sp³-hybridized carbons (Fsp3) is 0.136. The van der Waals surface area contributed by atoms with Gasteiger partial charge in [-0.2, -0.15) is 0 Å². The maximum atomic E-state index is 13.3. The van der Waals surface area contributed by atoms with Gasteiger partial charge in [-0.25, -0.2) is 0 Å². The monoisotopic (exact) mass is 377 g/mol. The Morgan fingerprint density at radius 1 is 1.15 bits per heavy atom. The Balaban J connectivity index is 1.79. The molecule has 0 radical (unpaired) electrons. The fourth-order valence-corrected chi connectivity index (χ4v) is 3.75. The van der Waals surface area contributed by atoms with Crippen molar-refractivity contribution in [2.45, 2.75) is 20.4 Å². The molecule has 2 heterocycles. The molecule has 3 N–H and O–H groups in total. The highest BCUT2D eigenvalue weighted by Crippen LogP contribution is 2.40. The molecule has 27 heavy (non-hydrogen) atoms. The summed E-state index contributed by atoms with van der Waals surface area (Å²) in [6.45, 7) is 4.48. The topological polar surface area (TPSA) is 62.1 Å². The normalized spacial score (nSPS) is 14.9. The number of fused-ring (bicyclic) bond motifs is 1. The largest absolute Gasteiger partial charge is 0.399 e. The Morgan fingerprint density at radius 2 is 1.96 bits per heavy atom. The number of hydrogen-bond donors (Lipinski definition) is 2. The summed E-state index contributed by atoms with van der Waals surface area (Å²) in [7, 11) is 0. The van der Waals surface area contributed by atoms with E-state index in [9.17, 15) is 4.79 Å². The Kier molecular flexibility index (Phi) is 4.28. The van der Waals surface area contributed by atoms with Gasteiger partial charge in [0.15, 0.2) is 0 Å². The molecule has 0 bridgehead atoms. The lowest BCUT2D eigenvalue weighted by Crippen LogP contribution is -2.25. The van der Waals surface area contributed by atoms with E-state index in [1.807, 2.05) is 62.4 Å². The van der Waals surface area contributed by atoms with E-state index in [-0.39, 0.29) is 5.91 Å². The highest BCUT2D eigenvalue weighted by Gasteiger charge is 2.32. The second kappa shape index (κ2) is 6.63. The number of aryl methyl sites for hydroxylation is 2. The number of aromatic amines is 1. The minimum absolute atomic E-state index is 0.0396. The van der Waals surface area contributed by atoms with E-state index >= 15 is 0 Å². The number of anilines is 2. The van der Waals surface area contributed by atoms with Crippen molar-refractivity contribution in [1.29, 1.82) is 0 Å². The van der Waals surface area contributed by atoms with E-state index in [1.54, 1.807) is 4.90 Å². The summed E-state index contributed by atoms with van der Waals surface area (Å²) in [5.41, 5.74) is 13.1. The molecule has 1 amide bonds. The van der Waals surface area contributed by atoms with Crippen LogP contribution in [0, 0.1) is 13.8 Å². The molecule has 0 atom stereocenters. The molecule has 5 heteroatoms. The molecule has 3 aromatic rings. The predicted molar refractivity (Wildman–Crippen MR) is 112 cm³/mol. The van der Waals surface area contributed by atoms with Crippen LogP contribution in [0.2, 0.25) is 5.02 Å². The molecule has 0 spiro atoms. The van der Waals surface area contributed by atoms with Crippen molar-refractivity contribution in [1.82, 2.24) is 4.98 Å². The lowest BCUT2D eigenvalue weighted by molar-refractivity contribution is -0.113. The zero-order valence-electron chi connectivity index (χ0n) is 15.2. The molecule has 0 saturated carbocycles. The molecule has 4 rings (SSSR count). The van der Waals surface area contributed by atoms with Crippen LogP contribution in [0.25, 0.3) is 11.6 Å². The van der Waals surface area contributed by atoms with Crippen LogP contribution >= 0.6 is 11.6 Å². The van der Waals surface area contributed by atoms with Gasteiger partial charge in [-0.05, 0) is 67.4 Å². The number of benzene rings is 2. The van der Waals surface area contributed by atoms with E-state index in [4.69, 9.17) is 17.3 Å². The number of carbonyl (C=O) groups excluding carboxylic acids is 1. The molecule has 1 aliphatic rings. The number of H-pyrrole nitrogens is 1. The minimum atomic E-state index is -0.0396. The lowest BCUT2D eigenvalue weighted by Gasteiger charge is -2.17. The van der Waals surface area contributed by atoms with Crippen LogP contribution in [0.1, 0.15) is 28.1 Å². The van der Waals surface area contributed by atoms with Crippen molar-refractivity contribution in [3.05, 3.63) is 81.6 Å². The summed E-state index contributed by atoms with van der Waals surface area (Å²) in [6, 6.07) is 15.2. The van der Waals surface area contributed by atoms with Crippen molar-refractivity contribution >= 4 is 40.5 Å². The SMILES string of the molecule is Cc1cc(C)c(/C=C2\C(=O)N(Cc3cccc(Cl)c3)c3ccc(N)cc32)[nH]1. The number of halogens is 1. The maximum Gasteiger partial charge on any atom is 0.259 e. The van der Waals surface area contributed by atoms with Crippen LogP contribution < -0.4 is 10.6 Å². The van der Waals surface area contributed by atoms with Gasteiger partial charge in [-0.1, -0.05) is 23.7 Å². The summed E-state index contributed by atoms with van der Waals surface area (Å²) in [4.78, 5) is 18.3. The fourth-order valence-electron chi connectivity index (χ4n) is 3.53. The highest BCUT2D eigenvalue weighted by molar-refractivity contribution is 6.36. The minimum Gasteiger partial charge on any atom is -0.399 e. The van der Waals surface area contributed by atoms with E-state index in [0.717, 1.165) is 33.8 Å². The van der Waals surface area contributed by atoms with Crippen LogP contribution in [0.5, 0.6) is 0 Å². The van der Waals surface area contributed by atoms with Crippen LogP contribution in [-0.4, -0.2) is 10.9 Å². The number of carbonyl (C=O) groups is 1. The second-order valence-electron chi connectivity index (χ2n) is 6.90. The van der Waals surface area contributed by atoms with Gasteiger partial charge in [-0.15, -0.1) is 0 Å². The Bertz CT molecular complexity index is 1080. The second-order valence-corrected chi connectivity index (χ2v) is 7.34. The van der Waals surface area contributed by atoms with E-state index < -0.39 is 0 Å². The molecule has 4 nitrogen and oxygen atoms in total. The molecule has 0 fully saturated rings. The number of aromatic nitrogens is 1. The summed E-state index contributed by atoms with van der Waals surface area (Å²) in [5.74, 6) is -0.0396. The standard InChI is InChI=1S/C22H20ClN3O/c1-13-8-14(2)25-20(13)11-19-18-10-17(24)6-7-21(18)26(22(19)27)12-15-4-3-5-16(23)9-15/h3-11,25H,12,24H2,1-2H3/b19-11-. The van der Waals surface area contributed by atoms with E-state index in [0.29, 0.717) is 22.8 Å². The van der Waals surface area contributed by atoms with Crippen LogP contribution in [0.15, 0.2) is 48.5 Å². The first-order valence-corrected chi connectivity index (χ1v) is 9.14. The Morgan fingerprint density at radius 3 is 2.67 bits per heavy atom. The van der Waals surface area contributed by atoms with Crippen LogP contribution in [0.4, 0.5) is 11.4 Å². The smallest absolute Gasteiger partial charge is 0.259 e. The number of amides is 1. The van der Waals surface area contributed by atoms with Gasteiger partial charge in [0.25, 0.3) is 5.91 Å². The van der Waals surface area contributed by atoms with Gasteiger partial charge in [0.2, 0.25) is 0 Å². The molecule has 1 aliphatic heterocycles. The number of rotatable bonds is 3. The first kappa shape index (κ1) is 17.4. The van der Waals surface area contributed by atoms with Gasteiger partial charge in [-0.3, -0.25) is 4.79 Å². The van der Waals surface area contributed by atoms with Crippen molar-refractivity contribution in [2.24, 2.45) is 0 Å². The lowest BCUT2D eigenvalue weighted by atomic mass is 10.0. The number of hydrogen-bond acceptors (Lipinski definition) is 2. The van der Waals surface area contributed by atoms with Gasteiger partial charge in [0, 0.05) is 27.7 Å². The molecule has 0 saturated heterocycles. The molecule has 0 aliphatic carbocycles. The number of nitrogens with two attached hydrogens (primary N) is 1. The van der Waals surface area contributed by atoms with Gasteiger partial charge in [0.1, 0.15) is 0 Å². The van der Waals surface area contributed by atoms with Gasteiger partial charge >= 0.3 is 0 Å². The molecule has 1 aromatic heterocycles. The third-order valence-corrected chi connectivity index (χ3v) is 5.02. The third-order valence-electron chi connectivity index (χ3n) is 4.79. The first-order valence-electron chi connectivity index (χ1n) is 8.76. The summed E-state index contributed by atoms with van der Waals surface area (Å²) < 4.78 is 0. The molecule has 2 aromatic carbocycles. The van der Waals surface area contributed by atoms with Crippen molar-refractivity contribution in [3.8, 4) is 0 Å². The van der Waals surface area contributed by atoms with Gasteiger partial charge < -0.3 is 15.6 Å². The average Bonchev–Trinajstić information content (AvgIpc) is 3.06. The van der Waals surface area contributed by atoms with E-state index in [1.165, 1.54) is 0 Å². The Labute approximate surface area is 163 Å². The maximum absolute atomic E-state index is 13.3. The number of nitrogens with zero attached hydrogens (tertiary/aromatic N) is 1. The summed E-state index contributed by atoms with van der Waals surface area (Å²) in [6.07, 6.45) is 1.92. The molecular formula is C22H20ClN3O. The first-order chi connectivity index (χ1) is 12.9. The third kappa shape index (κ3) is 3.24. The van der Waals surface area contributed by atoms with Crippen molar-refractivity contribution in [2.75, 3.05) is 10.6 Å². The molecule has 136 valence electrons. The predicted octanol–water partition coefficient (Wildman–Crippen LogP) is 4.95. The summed E-state index contributed by atoms with van der Waals surface area (Å²) >= 11 is 6.11.